The van der Waals surface area contributed by atoms with Crippen molar-refractivity contribution in [1.29, 1.82) is 0 Å². The van der Waals surface area contributed by atoms with Crippen molar-refractivity contribution in [2.24, 2.45) is 5.41 Å². The Morgan fingerprint density at radius 1 is 1.15 bits per heavy atom. The summed E-state index contributed by atoms with van der Waals surface area (Å²) in [6.07, 6.45) is -4.06. The minimum Gasteiger partial charge on any atom is -0.476 e. The molecule has 0 aliphatic carbocycles. The average Bonchev–Trinajstić information content (AvgIpc) is 3.16. The van der Waals surface area contributed by atoms with Gasteiger partial charge in [0.05, 0.1) is 6.54 Å². The van der Waals surface area contributed by atoms with Gasteiger partial charge in [0, 0.05) is 17.3 Å². The number of alkyl halides is 3. The van der Waals surface area contributed by atoms with Crippen LogP contribution >= 0.6 is 0 Å². The van der Waals surface area contributed by atoms with Gasteiger partial charge < -0.3 is 10.0 Å². The molecule has 170 valence electrons. The summed E-state index contributed by atoms with van der Waals surface area (Å²) in [5, 5.41) is 9.61. The lowest BCUT2D eigenvalue weighted by Gasteiger charge is -2.29. The van der Waals surface area contributed by atoms with E-state index in [0.717, 1.165) is 10.6 Å². The Kier molecular flexibility index (Phi) is 5.11. The van der Waals surface area contributed by atoms with E-state index in [1.54, 1.807) is 0 Å². The molecule has 3 aromatic rings. The van der Waals surface area contributed by atoms with Crippen LogP contribution in [0.2, 0.25) is 0 Å². The van der Waals surface area contributed by atoms with Gasteiger partial charge in [0.15, 0.2) is 17.2 Å². The fourth-order valence-corrected chi connectivity index (χ4v) is 3.17. The summed E-state index contributed by atoms with van der Waals surface area (Å²) < 4.78 is 55.1. The van der Waals surface area contributed by atoms with E-state index < -0.39 is 34.8 Å². The minimum atomic E-state index is -4.76. The van der Waals surface area contributed by atoms with Crippen LogP contribution in [0.3, 0.4) is 0 Å². The Morgan fingerprint density at radius 3 is 2.48 bits per heavy atom. The number of fused-ring (bicyclic) bond motifs is 3. The molecule has 0 saturated carbocycles. The Labute approximate surface area is 185 Å². The molecule has 1 aliphatic heterocycles. The van der Waals surface area contributed by atoms with E-state index in [1.165, 1.54) is 23.1 Å². The van der Waals surface area contributed by atoms with Crippen LogP contribution in [0, 0.1) is 23.1 Å². The Morgan fingerprint density at radius 2 is 1.88 bits per heavy atom. The zero-order chi connectivity index (χ0) is 24.1. The van der Waals surface area contributed by atoms with Gasteiger partial charge >= 0.3 is 12.1 Å². The van der Waals surface area contributed by atoms with Crippen LogP contribution in [0.15, 0.2) is 30.5 Å². The molecule has 0 bridgehead atoms. The quantitative estimate of drug-likeness (QED) is 0.447. The molecule has 3 heterocycles. The molecule has 0 spiro atoms. The second-order valence-corrected chi connectivity index (χ2v) is 8.36. The second kappa shape index (κ2) is 7.58. The Bertz CT molecular complexity index is 1330. The summed E-state index contributed by atoms with van der Waals surface area (Å²) in [6, 6.07) is 5.28. The van der Waals surface area contributed by atoms with Crippen LogP contribution in [-0.4, -0.2) is 30.6 Å². The average molecular weight is 459 g/mol. The molecular weight excluding hydrogens is 442 g/mol. The number of aromatic nitrogens is 4. The molecule has 2 aromatic heterocycles. The van der Waals surface area contributed by atoms with Gasteiger partial charge in [-0.2, -0.15) is 13.2 Å². The molecular formula is C22H17F4N5O2. The van der Waals surface area contributed by atoms with Crippen molar-refractivity contribution < 1.29 is 27.5 Å². The SMILES string of the molecule is CC(C)(C)C#Cc1nc2c(nc1C(=O)O)-n1cc(C(F)(F)F)nc1N(c1cccc(F)c1)C2. The Hall–Kier alpha value is -3.94. The number of hydrogen-bond donors (Lipinski definition) is 1. The van der Waals surface area contributed by atoms with E-state index >= 15 is 0 Å². The number of nitrogens with zero attached hydrogens (tertiary/aromatic N) is 5. The van der Waals surface area contributed by atoms with Crippen molar-refractivity contribution in [2.45, 2.75) is 33.5 Å². The highest BCUT2D eigenvalue weighted by Crippen LogP contribution is 2.38. The first-order valence-corrected chi connectivity index (χ1v) is 9.71. The number of hydrogen-bond acceptors (Lipinski definition) is 5. The van der Waals surface area contributed by atoms with Gasteiger partial charge in [-0.05, 0) is 44.9 Å². The number of carboxylic acids is 1. The van der Waals surface area contributed by atoms with Crippen LogP contribution in [0.4, 0.5) is 29.2 Å². The van der Waals surface area contributed by atoms with E-state index in [-0.39, 0.29) is 35.4 Å². The highest BCUT2D eigenvalue weighted by molar-refractivity contribution is 5.88. The largest absolute Gasteiger partial charge is 0.476 e. The summed E-state index contributed by atoms with van der Waals surface area (Å²) in [5.41, 5.74) is -1.86. The van der Waals surface area contributed by atoms with E-state index in [0.29, 0.717) is 6.20 Å². The maximum atomic E-state index is 13.9. The fourth-order valence-electron chi connectivity index (χ4n) is 3.17. The van der Waals surface area contributed by atoms with Crippen molar-refractivity contribution in [1.82, 2.24) is 19.5 Å². The summed E-state index contributed by atoms with van der Waals surface area (Å²) in [5.74, 6) is 3.29. The summed E-state index contributed by atoms with van der Waals surface area (Å²) in [4.78, 5) is 25.2. The van der Waals surface area contributed by atoms with Gasteiger partial charge in [-0.1, -0.05) is 12.0 Å². The zero-order valence-corrected chi connectivity index (χ0v) is 17.7. The van der Waals surface area contributed by atoms with Crippen LogP contribution in [0.1, 0.15) is 48.3 Å². The first kappa shape index (κ1) is 22.3. The molecule has 0 saturated heterocycles. The number of anilines is 2. The van der Waals surface area contributed by atoms with Gasteiger partial charge in [-0.15, -0.1) is 0 Å². The summed E-state index contributed by atoms with van der Waals surface area (Å²) in [7, 11) is 0. The third-order valence-electron chi connectivity index (χ3n) is 4.58. The van der Waals surface area contributed by atoms with Crippen LogP contribution in [0.25, 0.3) is 5.82 Å². The van der Waals surface area contributed by atoms with Crippen LogP contribution in [-0.2, 0) is 12.7 Å². The number of benzene rings is 1. The molecule has 4 rings (SSSR count). The van der Waals surface area contributed by atoms with E-state index in [4.69, 9.17) is 0 Å². The second-order valence-electron chi connectivity index (χ2n) is 8.36. The predicted octanol–water partition coefficient (Wildman–Crippen LogP) is 4.57. The summed E-state index contributed by atoms with van der Waals surface area (Å²) >= 11 is 0. The molecule has 0 radical (unpaired) electrons. The van der Waals surface area contributed by atoms with Crippen molar-refractivity contribution in [2.75, 3.05) is 4.90 Å². The molecule has 1 N–H and O–H groups in total. The number of imidazole rings is 1. The molecule has 0 unspecified atom stereocenters. The maximum Gasteiger partial charge on any atom is 0.434 e. The van der Waals surface area contributed by atoms with Gasteiger partial charge in [-0.25, -0.2) is 24.1 Å². The molecule has 1 aromatic carbocycles. The molecule has 11 heteroatoms. The van der Waals surface area contributed by atoms with Crippen LogP contribution in [0.5, 0.6) is 0 Å². The van der Waals surface area contributed by atoms with Gasteiger partial charge in [0.2, 0.25) is 5.95 Å². The molecule has 7 nitrogen and oxygen atoms in total. The van der Waals surface area contributed by atoms with E-state index in [9.17, 15) is 27.5 Å². The number of carboxylic acid groups (broad SMARTS) is 1. The van der Waals surface area contributed by atoms with Crippen molar-refractivity contribution in [3.63, 3.8) is 0 Å². The topological polar surface area (TPSA) is 84.1 Å². The van der Waals surface area contributed by atoms with Crippen molar-refractivity contribution in [3.05, 3.63) is 59.1 Å². The van der Waals surface area contributed by atoms with E-state index in [2.05, 4.69) is 26.8 Å². The molecule has 33 heavy (non-hydrogen) atoms. The predicted molar refractivity (Wildman–Crippen MR) is 110 cm³/mol. The lowest BCUT2D eigenvalue weighted by molar-refractivity contribution is -0.140. The number of aromatic carboxylic acids is 1. The lowest BCUT2D eigenvalue weighted by Crippen LogP contribution is -2.28. The van der Waals surface area contributed by atoms with E-state index in [1.807, 2.05) is 20.8 Å². The fraction of sp³-hybridized carbons (Fsp3) is 0.273. The monoisotopic (exact) mass is 459 g/mol. The third-order valence-corrected chi connectivity index (χ3v) is 4.58. The Balaban J connectivity index is 1.96. The highest BCUT2D eigenvalue weighted by atomic mass is 19.4. The zero-order valence-electron chi connectivity index (χ0n) is 17.7. The standard InChI is InChI=1S/C22H17F4N5O2/c1-21(2,3)8-7-14-17(19(32)33)29-18-15(27-14)10-30(13-6-4-5-12(23)9-13)20-28-16(11-31(18)20)22(24,25)26/h4-6,9,11H,10H2,1-3H3,(H,32,33). The normalized spacial score (nSPS) is 13.1. The number of carbonyl (C=O) groups is 1. The minimum absolute atomic E-state index is 0.112. The molecule has 0 atom stereocenters. The van der Waals surface area contributed by atoms with Crippen LogP contribution < -0.4 is 4.90 Å². The number of halogens is 4. The first-order chi connectivity index (χ1) is 15.3. The van der Waals surface area contributed by atoms with Gasteiger partial charge in [0.1, 0.15) is 17.2 Å². The van der Waals surface area contributed by atoms with Gasteiger partial charge in [-0.3, -0.25) is 4.57 Å². The lowest BCUT2D eigenvalue weighted by atomic mass is 9.98. The molecule has 1 aliphatic rings. The van der Waals surface area contributed by atoms with Crippen molar-refractivity contribution in [3.8, 4) is 17.7 Å². The third kappa shape index (κ3) is 4.37. The van der Waals surface area contributed by atoms with Crippen molar-refractivity contribution >= 4 is 17.6 Å². The smallest absolute Gasteiger partial charge is 0.434 e. The summed E-state index contributed by atoms with van der Waals surface area (Å²) in [6.45, 7) is 5.36. The van der Waals surface area contributed by atoms with Gasteiger partial charge in [0.25, 0.3) is 0 Å². The number of rotatable bonds is 2. The molecule has 0 fully saturated rings. The molecule has 0 amide bonds. The first-order valence-electron chi connectivity index (χ1n) is 9.71. The highest BCUT2D eigenvalue weighted by Gasteiger charge is 2.38. The maximum absolute atomic E-state index is 13.9.